The van der Waals surface area contributed by atoms with Crippen molar-refractivity contribution in [3.05, 3.63) is 52.4 Å². The standard InChI is InChI=1S/C15H13F2N3O3/c1-18-8-6-12(21)14-13(22)7-9-20(19-14)10-2-4-11(5-3-10)23-15(16)17/h2-5,7-9,15H,6H2,1H3. The number of ketones is 1. The lowest BCUT2D eigenvalue weighted by Crippen LogP contribution is -2.20. The molecule has 0 aliphatic rings. The average molecular weight is 321 g/mol. The Labute approximate surface area is 130 Å². The third kappa shape index (κ3) is 4.29. The van der Waals surface area contributed by atoms with Crippen molar-refractivity contribution in [3.8, 4) is 11.4 Å². The topological polar surface area (TPSA) is 73.6 Å². The molecule has 0 N–H and O–H groups in total. The van der Waals surface area contributed by atoms with E-state index < -0.39 is 17.8 Å². The van der Waals surface area contributed by atoms with Gasteiger partial charge in [-0.05, 0) is 24.3 Å². The molecule has 0 spiro atoms. The second-order valence-corrected chi connectivity index (χ2v) is 4.41. The zero-order valence-corrected chi connectivity index (χ0v) is 12.1. The molecule has 8 heteroatoms. The summed E-state index contributed by atoms with van der Waals surface area (Å²) in [7, 11) is 1.52. The molecule has 6 nitrogen and oxygen atoms in total. The summed E-state index contributed by atoms with van der Waals surface area (Å²) in [5.41, 5.74) is -0.210. The van der Waals surface area contributed by atoms with Crippen LogP contribution in [-0.2, 0) is 0 Å². The molecular formula is C15H13F2N3O3. The van der Waals surface area contributed by atoms with Crippen molar-refractivity contribution < 1.29 is 18.3 Å². The summed E-state index contributed by atoms with van der Waals surface area (Å²) >= 11 is 0. The number of rotatable bonds is 6. The van der Waals surface area contributed by atoms with E-state index in [1.165, 1.54) is 54.5 Å². The van der Waals surface area contributed by atoms with Gasteiger partial charge >= 0.3 is 6.61 Å². The summed E-state index contributed by atoms with van der Waals surface area (Å²) in [5.74, 6) is -0.451. The van der Waals surface area contributed by atoms with E-state index in [1.54, 1.807) is 0 Å². The Morgan fingerprint density at radius 1 is 1.35 bits per heavy atom. The Morgan fingerprint density at radius 2 is 2.04 bits per heavy atom. The summed E-state index contributed by atoms with van der Waals surface area (Å²) in [6, 6.07) is 6.86. The van der Waals surface area contributed by atoms with Crippen molar-refractivity contribution in [1.82, 2.24) is 9.78 Å². The van der Waals surface area contributed by atoms with Crippen LogP contribution in [-0.4, -0.2) is 35.4 Å². The molecular weight excluding hydrogens is 308 g/mol. The van der Waals surface area contributed by atoms with Gasteiger partial charge in [-0.1, -0.05) is 0 Å². The van der Waals surface area contributed by atoms with Crippen LogP contribution in [0.25, 0.3) is 5.69 Å². The molecule has 2 rings (SSSR count). The molecule has 0 fully saturated rings. The predicted molar refractivity (Wildman–Crippen MR) is 79.8 cm³/mol. The highest BCUT2D eigenvalue weighted by atomic mass is 19.3. The summed E-state index contributed by atoms with van der Waals surface area (Å²) in [6.45, 7) is -2.91. The van der Waals surface area contributed by atoms with Crippen molar-refractivity contribution in [2.24, 2.45) is 4.99 Å². The molecule has 120 valence electrons. The monoisotopic (exact) mass is 321 g/mol. The van der Waals surface area contributed by atoms with Gasteiger partial charge in [0.05, 0.1) is 5.69 Å². The van der Waals surface area contributed by atoms with E-state index in [1.807, 2.05) is 0 Å². The molecule has 0 saturated heterocycles. The Kier molecular flexibility index (Phi) is 5.29. The smallest absolute Gasteiger partial charge is 0.387 e. The minimum atomic E-state index is -2.91. The van der Waals surface area contributed by atoms with Gasteiger partial charge in [0.15, 0.2) is 11.5 Å². The van der Waals surface area contributed by atoms with Gasteiger partial charge in [0.25, 0.3) is 0 Å². The molecule has 0 unspecified atom stereocenters. The van der Waals surface area contributed by atoms with Gasteiger partial charge in [-0.3, -0.25) is 9.59 Å². The van der Waals surface area contributed by atoms with Crippen molar-refractivity contribution in [1.29, 1.82) is 0 Å². The summed E-state index contributed by atoms with van der Waals surface area (Å²) in [4.78, 5) is 27.3. The number of nitrogens with zero attached hydrogens (tertiary/aromatic N) is 3. The van der Waals surface area contributed by atoms with Crippen molar-refractivity contribution >= 4 is 12.0 Å². The molecule has 1 aromatic carbocycles. The maximum atomic E-state index is 12.1. The Bertz CT molecular complexity index is 770. The van der Waals surface area contributed by atoms with Gasteiger partial charge < -0.3 is 9.73 Å². The fourth-order valence-corrected chi connectivity index (χ4v) is 1.80. The minimum Gasteiger partial charge on any atom is -0.435 e. The first-order valence-electron chi connectivity index (χ1n) is 6.60. The molecule has 0 aliphatic heterocycles. The van der Waals surface area contributed by atoms with E-state index in [0.29, 0.717) is 5.69 Å². The molecule has 0 saturated carbocycles. The fraction of sp³-hybridized carbons (Fsp3) is 0.200. The number of hydrogen-bond donors (Lipinski definition) is 0. The molecule has 0 bridgehead atoms. The molecule has 0 amide bonds. The second kappa shape index (κ2) is 7.39. The summed E-state index contributed by atoms with van der Waals surface area (Å²) in [5, 5.41) is 3.99. The van der Waals surface area contributed by atoms with Crippen LogP contribution in [0.4, 0.5) is 8.78 Å². The second-order valence-electron chi connectivity index (χ2n) is 4.41. The lowest BCUT2D eigenvalue weighted by atomic mass is 10.2. The largest absolute Gasteiger partial charge is 0.435 e. The molecule has 2 aromatic rings. The molecule has 1 heterocycles. The van der Waals surface area contributed by atoms with E-state index >= 15 is 0 Å². The Balaban J connectivity index is 2.30. The van der Waals surface area contributed by atoms with Crippen LogP contribution in [0.5, 0.6) is 5.75 Å². The number of benzene rings is 1. The number of aromatic nitrogens is 2. The van der Waals surface area contributed by atoms with E-state index in [-0.39, 0.29) is 17.9 Å². The highest BCUT2D eigenvalue weighted by molar-refractivity contribution is 6.02. The Morgan fingerprint density at radius 3 is 2.65 bits per heavy atom. The molecule has 0 atom stereocenters. The van der Waals surface area contributed by atoms with E-state index in [4.69, 9.17) is 0 Å². The van der Waals surface area contributed by atoms with E-state index in [2.05, 4.69) is 14.8 Å². The minimum absolute atomic E-state index is 0.000234. The van der Waals surface area contributed by atoms with Crippen LogP contribution in [0.3, 0.4) is 0 Å². The molecule has 0 aliphatic carbocycles. The SMILES string of the molecule is CN=CCC(=O)c1nn(-c2ccc(OC(F)F)cc2)ccc1=O. The molecule has 1 aromatic heterocycles. The highest BCUT2D eigenvalue weighted by Crippen LogP contribution is 2.16. The van der Waals surface area contributed by atoms with E-state index in [9.17, 15) is 18.4 Å². The Hall–Kier alpha value is -2.90. The number of carbonyl (C=O) groups is 1. The molecule has 0 radical (unpaired) electrons. The predicted octanol–water partition coefficient (Wildman–Crippen LogP) is 2.11. The average Bonchev–Trinajstić information content (AvgIpc) is 2.53. The van der Waals surface area contributed by atoms with Crippen LogP contribution in [0.1, 0.15) is 16.9 Å². The molecule has 23 heavy (non-hydrogen) atoms. The number of alkyl halides is 2. The maximum Gasteiger partial charge on any atom is 0.387 e. The summed E-state index contributed by atoms with van der Waals surface area (Å²) < 4.78 is 29.8. The van der Waals surface area contributed by atoms with Crippen LogP contribution in [0.2, 0.25) is 0 Å². The van der Waals surface area contributed by atoms with Crippen molar-refractivity contribution in [2.75, 3.05) is 7.05 Å². The number of halogens is 2. The van der Waals surface area contributed by atoms with Crippen LogP contribution in [0.15, 0.2) is 46.3 Å². The highest BCUT2D eigenvalue weighted by Gasteiger charge is 2.12. The van der Waals surface area contributed by atoms with Gasteiger partial charge in [0, 0.05) is 31.9 Å². The van der Waals surface area contributed by atoms with Crippen LogP contribution < -0.4 is 10.2 Å². The first-order valence-corrected chi connectivity index (χ1v) is 6.60. The first kappa shape index (κ1) is 16.5. The zero-order valence-electron chi connectivity index (χ0n) is 12.1. The number of aliphatic imine (C=N–C) groups is 1. The maximum absolute atomic E-state index is 12.1. The van der Waals surface area contributed by atoms with Gasteiger partial charge in [-0.2, -0.15) is 13.9 Å². The normalized spacial score (nSPS) is 11.1. The van der Waals surface area contributed by atoms with Gasteiger partial charge in [-0.25, -0.2) is 4.68 Å². The van der Waals surface area contributed by atoms with Crippen molar-refractivity contribution in [3.63, 3.8) is 0 Å². The number of ether oxygens (including phenoxy) is 1. The first-order chi connectivity index (χ1) is 11.0. The number of hydrogen-bond acceptors (Lipinski definition) is 5. The van der Waals surface area contributed by atoms with Gasteiger partial charge in [0.2, 0.25) is 5.43 Å². The lowest BCUT2D eigenvalue weighted by Gasteiger charge is -2.08. The fourth-order valence-electron chi connectivity index (χ4n) is 1.80. The summed E-state index contributed by atoms with van der Waals surface area (Å²) in [6.07, 6.45) is 2.75. The van der Waals surface area contributed by atoms with Gasteiger partial charge in [0.1, 0.15) is 5.75 Å². The van der Waals surface area contributed by atoms with Crippen LogP contribution in [0, 0.1) is 0 Å². The van der Waals surface area contributed by atoms with Gasteiger partial charge in [-0.15, -0.1) is 0 Å². The number of carbonyl (C=O) groups excluding carboxylic acids is 1. The zero-order chi connectivity index (χ0) is 16.8. The van der Waals surface area contributed by atoms with Crippen LogP contribution >= 0.6 is 0 Å². The third-order valence-corrected chi connectivity index (χ3v) is 2.86. The quantitative estimate of drug-likeness (QED) is 0.603. The number of Topliss-reactive ketones (excluding diaryl/α,β-unsaturated/α-hetero) is 1. The third-order valence-electron chi connectivity index (χ3n) is 2.86. The lowest BCUT2D eigenvalue weighted by molar-refractivity contribution is -0.0498. The van der Waals surface area contributed by atoms with E-state index in [0.717, 1.165) is 0 Å². The van der Waals surface area contributed by atoms with Crippen molar-refractivity contribution in [2.45, 2.75) is 13.0 Å².